The molecule has 2 aromatic rings. The summed E-state index contributed by atoms with van der Waals surface area (Å²) < 4.78 is 11.6. The van der Waals surface area contributed by atoms with Crippen molar-refractivity contribution < 1.29 is 9.26 Å². The van der Waals surface area contributed by atoms with Crippen LogP contribution in [0.3, 0.4) is 0 Å². The van der Waals surface area contributed by atoms with Crippen LogP contribution < -0.4 is 10.5 Å². The first-order chi connectivity index (χ1) is 9.72. The molecule has 2 N–H and O–H groups in total. The molecule has 0 unspecified atom stereocenters. The zero-order chi connectivity index (χ0) is 14.1. The van der Waals surface area contributed by atoms with Crippen LogP contribution in [0.2, 0.25) is 0 Å². The molecule has 1 aromatic heterocycles. The SMILES string of the molecule is COc1c(Br)cc2c(c1-c1cnoc1N)CCCCC2. The molecule has 1 heterocycles. The van der Waals surface area contributed by atoms with E-state index < -0.39 is 0 Å². The third kappa shape index (κ3) is 2.20. The lowest BCUT2D eigenvalue weighted by atomic mass is 9.92. The van der Waals surface area contributed by atoms with Gasteiger partial charge in [0, 0.05) is 5.56 Å². The van der Waals surface area contributed by atoms with Gasteiger partial charge >= 0.3 is 0 Å². The standard InChI is InChI=1S/C15H17BrN2O2/c1-19-14-12(16)7-9-5-3-2-4-6-10(9)13(14)11-8-18-20-15(11)17/h7-8H,2-6,17H2,1H3. The quantitative estimate of drug-likeness (QED) is 0.843. The van der Waals surface area contributed by atoms with Gasteiger partial charge < -0.3 is 15.0 Å². The number of benzene rings is 1. The van der Waals surface area contributed by atoms with Crippen molar-refractivity contribution in [2.75, 3.05) is 12.8 Å². The number of methoxy groups -OCH3 is 1. The zero-order valence-corrected chi connectivity index (χ0v) is 13.0. The number of anilines is 1. The average molecular weight is 337 g/mol. The van der Waals surface area contributed by atoms with Crippen LogP contribution in [0.5, 0.6) is 5.75 Å². The van der Waals surface area contributed by atoms with Crippen LogP contribution in [0.15, 0.2) is 21.3 Å². The molecule has 0 spiro atoms. The minimum atomic E-state index is 0.341. The van der Waals surface area contributed by atoms with Crippen LogP contribution >= 0.6 is 15.9 Å². The molecule has 1 aliphatic rings. The summed E-state index contributed by atoms with van der Waals surface area (Å²) in [6.45, 7) is 0. The van der Waals surface area contributed by atoms with Gasteiger partial charge in [0.05, 0.1) is 23.3 Å². The second-order valence-corrected chi connectivity index (χ2v) is 5.92. The molecule has 0 amide bonds. The molecule has 0 saturated heterocycles. The highest BCUT2D eigenvalue weighted by molar-refractivity contribution is 9.10. The van der Waals surface area contributed by atoms with E-state index in [9.17, 15) is 0 Å². The minimum absolute atomic E-state index is 0.341. The van der Waals surface area contributed by atoms with E-state index in [2.05, 4.69) is 27.2 Å². The number of rotatable bonds is 2. The molecule has 20 heavy (non-hydrogen) atoms. The van der Waals surface area contributed by atoms with E-state index in [1.807, 2.05) is 0 Å². The van der Waals surface area contributed by atoms with Gasteiger partial charge in [0.1, 0.15) is 5.75 Å². The van der Waals surface area contributed by atoms with E-state index in [4.69, 9.17) is 15.0 Å². The van der Waals surface area contributed by atoms with Gasteiger partial charge in [-0.2, -0.15) is 0 Å². The molecule has 0 aliphatic heterocycles. The van der Waals surface area contributed by atoms with Crippen molar-refractivity contribution >= 4 is 21.8 Å². The second kappa shape index (κ2) is 5.48. The molecular weight excluding hydrogens is 320 g/mol. The van der Waals surface area contributed by atoms with Crippen molar-refractivity contribution in [3.63, 3.8) is 0 Å². The Morgan fingerprint density at radius 2 is 2.10 bits per heavy atom. The smallest absolute Gasteiger partial charge is 0.230 e. The molecule has 3 rings (SSSR count). The summed E-state index contributed by atoms with van der Waals surface area (Å²) in [4.78, 5) is 0. The number of halogens is 1. The van der Waals surface area contributed by atoms with E-state index in [1.165, 1.54) is 30.4 Å². The summed E-state index contributed by atoms with van der Waals surface area (Å²) in [7, 11) is 1.68. The maximum atomic E-state index is 5.92. The second-order valence-electron chi connectivity index (χ2n) is 5.07. The van der Waals surface area contributed by atoms with Gasteiger partial charge in [0.2, 0.25) is 5.88 Å². The summed E-state index contributed by atoms with van der Waals surface area (Å²) in [6.07, 6.45) is 7.48. The average Bonchev–Trinajstić information content (AvgIpc) is 2.71. The van der Waals surface area contributed by atoms with Crippen LogP contribution in [-0.4, -0.2) is 12.3 Å². The monoisotopic (exact) mass is 336 g/mol. The lowest BCUT2D eigenvalue weighted by molar-refractivity contribution is 0.413. The predicted octanol–water partition coefficient (Wildman–Crippen LogP) is 3.96. The number of ether oxygens (including phenoxy) is 1. The highest BCUT2D eigenvalue weighted by Gasteiger charge is 2.23. The largest absolute Gasteiger partial charge is 0.495 e. The summed E-state index contributed by atoms with van der Waals surface area (Å²) in [5, 5.41) is 3.80. The lowest BCUT2D eigenvalue weighted by Crippen LogP contribution is -2.01. The zero-order valence-electron chi connectivity index (χ0n) is 11.4. The van der Waals surface area contributed by atoms with Crippen molar-refractivity contribution in [2.24, 2.45) is 0 Å². The van der Waals surface area contributed by atoms with Crippen molar-refractivity contribution in [3.05, 3.63) is 27.9 Å². The van der Waals surface area contributed by atoms with Gasteiger partial charge in [-0.3, -0.25) is 0 Å². The van der Waals surface area contributed by atoms with Crippen LogP contribution in [0.4, 0.5) is 5.88 Å². The Bertz CT molecular complexity index is 637. The molecule has 1 aromatic carbocycles. The van der Waals surface area contributed by atoms with E-state index in [-0.39, 0.29) is 0 Å². The first-order valence-electron chi connectivity index (χ1n) is 6.81. The lowest BCUT2D eigenvalue weighted by Gasteiger charge is -2.17. The Kier molecular flexibility index (Phi) is 3.70. The van der Waals surface area contributed by atoms with Crippen LogP contribution in [0.1, 0.15) is 30.4 Å². The van der Waals surface area contributed by atoms with E-state index in [0.717, 1.165) is 34.2 Å². The maximum Gasteiger partial charge on any atom is 0.230 e. The molecule has 0 radical (unpaired) electrons. The number of nitrogen functional groups attached to an aromatic ring is 1. The fourth-order valence-electron chi connectivity index (χ4n) is 2.95. The highest BCUT2D eigenvalue weighted by Crippen LogP contribution is 2.44. The number of fused-ring (bicyclic) bond motifs is 1. The normalized spacial score (nSPS) is 14.7. The van der Waals surface area contributed by atoms with Gasteiger partial charge in [0.25, 0.3) is 0 Å². The summed E-state index contributed by atoms with van der Waals surface area (Å²) in [6, 6.07) is 2.17. The Morgan fingerprint density at radius 1 is 1.30 bits per heavy atom. The Labute approximate surface area is 126 Å². The number of nitrogens with zero attached hydrogens (tertiary/aromatic N) is 1. The topological polar surface area (TPSA) is 61.3 Å². The number of hydrogen-bond acceptors (Lipinski definition) is 4. The van der Waals surface area contributed by atoms with E-state index >= 15 is 0 Å². The van der Waals surface area contributed by atoms with Crippen LogP contribution in [-0.2, 0) is 12.8 Å². The molecular formula is C15H17BrN2O2. The number of aryl methyl sites for hydroxylation is 1. The van der Waals surface area contributed by atoms with Crippen molar-refractivity contribution in [1.82, 2.24) is 5.16 Å². The molecule has 0 saturated carbocycles. The summed E-state index contributed by atoms with van der Waals surface area (Å²) in [5.41, 5.74) is 10.4. The van der Waals surface area contributed by atoms with E-state index in [0.29, 0.717) is 5.88 Å². The molecule has 0 bridgehead atoms. The fraction of sp³-hybridized carbons (Fsp3) is 0.400. The molecule has 0 fully saturated rings. The first-order valence-corrected chi connectivity index (χ1v) is 7.60. The Morgan fingerprint density at radius 3 is 2.80 bits per heavy atom. The van der Waals surface area contributed by atoms with Gasteiger partial charge in [-0.25, -0.2) is 0 Å². The Balaban J connectivity index is 2.29. The van der Waals surface area contributed by atoms with Crippen molar-refractivity contribution in [1.29, 1.82) is 0 Å². The number of nitrogens with two attached hydrogens (primary N) is 1. The van der Waals surface area contributed by atoms with Gasteiger partial charge in [-0.15, -0.1) is 0 Å². The van der Waals surface area contributed by atoms with Gasteiger partial charge in [-0.05, 0) is 58.8 Å². The van der Waals surface area contributed by atoms with Crippen molar-refractivity contribution in [3.8, 4) is 16.9 Å². The summed E-state index contributed by atoms with van der Waals surface area (Å²) >= 11 is 3.61. The molecule has 5 heteroatoms. The first kappa shape index (κ1) is 13.5. The number of hydrogen-bond donors (Lipinski definition) is 1. The molecule has 1 aliphatic carbocycles. The van der Waals surface area contributed by atoms with Gasteiger partial charge in [0.15, 0.2) is 0 Å². The molecule has 0 atom stereocenters. The fourth-order valence-corrected chi connectivity index (χ4v) is 3.58. The minimum Gasteiger partial charge on any atom is -0.495 e. The highest BCUT2D eigenvalue weighted by atomic mass is 79.9. The number of aromatic nitrogens is 1. The summed E-state index contributed by atoms with van der Waals surface area (Å²) in [5.74, 6) is 1.15. The van der Waals surface area contributed by atoms with Crippen LogP contribution in [0.25, 0.3) is 11.1 Å². The molecule has 4 nitrogen and oxygen atoms in total. The third-order valence-corrected chi connectivity index (χ3v) is 4.47. The Hall–Kier alpha value is -1.49. The molecule has 106 valence electrons. The maximum absolute atomic E-state index is 5.92. The third-order valence-electron chi connectivity index (χ3n) is 3.88. The van der Waals surface area contributed by atoms with Crippen LogP contribution in [0, 0.1) is 0 Å². The van der Waals surface area contributed by atoms with E-state index in [1.54, 1.807) is 13.3 Å². The van der Waals surface area contributed by atoms with Gasteiger partial charge in [-0.1, -0.05) is 11.6 Å². The predicted molar refractivity (Wildman–Crippen MR) is 81.9 cm³/mol. The van der Waals surface area contributed by atoms with Crippen molar-refractivity contribution in [2.45, 2.75) is 32.1 Å².